The predicted molar refractivity (Wildman–Crippen MR) is 104 cm³/mol. The molecule has 0 unspecified atom stereocenters. The summed E-state index contributed by atoms with van der Waals surface area (Å²) >= 11 is 0. The number of benzene rings is 1. The maximum atomic E-state index is 12.3. The van der Waals surface area contributed by atoms with E-state index in [4.69, 9.17) is 9.47 Å². The maximum Gasteiger partial charge on any atom is 0.270 e. The van der Waals surface area contributed by atoms with Crippen molar-refractivity contribution in [1.29, 1.82) is 0 Å². The number of ether oxygens (including phenoxy) is 2. The molecule has 2 N–H and O–H groups in total. The van der Waals surface area contributed by atoms with Gasteiger partial charge in [0.25, 0.3) is 5.91 Å². The number of hydrogen-bond donors (Lipinski definition) is 2. The number of aromatic nitrogens is 2. The van der Waals surface area contributed by atoms with Crippen LogP contribution in [0.3, 0.4) is 0 Å². The Hall–Kier alpha value is -2.71. The van der Waals surface area contributed by atoms with Gasteiger partial charge in [-0.2, -0.15) is 0 Å². The number of methoxy groups -OCH3 is 1. The van der Waals surface area contributed by atoms with E-state index in [1.165, 1.54) is 0 Å². The van der Waals surface area contributed by atoms with Crippen LogP contribution < -0.4 is 15.5 Å². The Balaban J connectivity index is 1.79. The fraction of sp³-hybridized carbons (Fsp3) is 0.421. The summed E-state index contributed by atoms with van der Waals surface area (Å²) in [6.07, 6.45) is 0. The Morgan fingerprint density at radius 2 is 2.04 bits per heavy atom. The first-order chi connectivity index (χ1) is 13.2. The molecule has 2 heterocycles. The molecule has 144 valence electrons. The molecule has 0 bridgehead atoms. The molecular weight excluding hydrogens is 346 g/mol. The lowest BCUT2D eigenvalue weighted by Crippen LogP contribution is -2.36. The summed E-state index contributed by atoms with van der Waals surface area (Å²) in [5.74, 6) is 0.864. The average Bonchev–Trinajstić information content (AvgIpc) is 2.69. The van der Waals surface area contributed by atoms with E-state index < -0.39 is 0 Å². The van der Waals surface area contributed by atoms with Crippen LogP contribution in [0.4, 0.5) is 17.2 Å². The molecule has 0 aliphatic carbocycles. The number of nitrogens with one attached hydrogen (secondary N) is 2. The van der Waals surface area contributed by atoms with E-state index in [2.05, 4.69) is 31.6 Å². The molecule has 0 saturated carbocycles. The number of carbonyl (C=O) groups is 1. The first-order valence-electron chi connectivity index (χ1n) is 8.99. The number of para-hydroxylation sites is 2. The lowest BCUT2D eigenvalue weighted by atomic mass is 10.2. The van der Waals surface area contributed by atoms with Gasteiger partial charge in [0.2, 0.25) is 0 Å². The minimum Gasteiger partial charge on any atom is -0.383 e. The summed E-state index contributed by atoms with van der Waals surface area (Å²) in [6, 6.07) is 9.71. The van der Waals surface area contributed by atoms with Gasteiger partial charge in [0.15, 0.2) is 0 Å². The van der Waals surface area contributed by atoms with Crippen LogP contribution in [0.5, 0.6) is 0 Å². The minimum atomic E-state index is -0.248. The second kappa shape index (κ2) is 9.29. The first kappa shape index (κ1) is 19.1. The summed E-state index contributed by atoms with van der Waals surface area (Å²) in [6.45, 7) is 5.77. The highest BCUT2D eigenvalue weighted by atomic mass is 16.5. The number of amides is 1. The number of aryl methyl sites for hydroxylation is 1. The Morgan fingerprint density at radius 3 is 2.81 bits per heavy atom. The molecule has 1 aliphatic rings. The van der Waals surface area contributed by atoms with Crippen molar-refractivity contribution in [3.63, 3.8) is 0 Å². The minimum absolute atomic E-state index is 0.248. The van der Waals surface area contributed by atoms with E-state index >= 15 is 0 Å². The zero-order chi connectivity index (χ0) is 19.1. The molecule has 1 aliphatic heterocycles. The Morgan fingerprint density at radius 1 is 1.26 bits per heavy atom. The Labute approximate surface area is 158 Å². The van der Waals surface area contributed by atoms with Gasteiger partial charge >= 0.3 is 0 Å². The normalized spacial score (nSPS) is 14.1. The summed E-state index contributed by atoms with van der Waals surface area (Å²) < 4.78 is 10.4. The Bertz CT molecular complexity index is 778. The van der Waals surface area contributed by atoms with Crippen LogP contribution in [0.2, 0.25) is 0 Å². The monoisotopic (exact) mass is 371 g/mol. The molecule has 0 atom stereocenters. The lowest BCUT2D eigenvalue weighted by Gasteiger charge is -2.30. The van der Waals surface area contributed by atoms with Gasteiger partial charge in [-0.15, -0.1) is 0 Å². The fourth-order valence-electron chi connectivity index (χ4n) is 2.90. The quantitative estimate of drug-likeness (QED) is 0.717. The van der Waals surface area contributed by atoms with Crippen molar-refractivity contribution in [2.24, 2.45) is 0 Å². The number of rotatable bonds is 7. The molecule has 8 heteroatoms. The molecular formula is C19H25N5O3. The number of hydrogen-bond acceptors (Lipinski definition) is 7. The molecule has 1 aromatic carbocycles. The van der Waals surface area contributed by atoms with Crippen LogP contribution in [0.15, 0.2) is 30.3 Å². The number of morpholine rings is 1. The van der Waals surface area contributed by atoms with Crippen LogP contribution in [-0.4, -0.2) is 62.4 Å². The second-order valence-corrected chi connectivity index (χ2v) is 6.18. The van der Waals surface area contributed by atoms with Crippen LogP contribution in [0, 0.1) is 6.92 Å². The van der Waals surface area contributed by atoms with Crippen molar-refractivity contribution >= 4 is 23.1 Å². The summed E-state index contributed by atoms with van der Waals surface area (Å²) in [5, 5.41) is 6.11. The van der Waals surface area contributed by atoms with E-state index in [-0.39, 0.29) is 5.91 Å². The van der Waals surface area contributed by atoms with Crippen molar-refractivity contribution in [2.75, 3.05) is 56.8 Å². The molecule has 27 heavy (non-hydrogen) atoms. The second-order valence-electron chi connectivity index (χ2n) is 6.18. The average molecular weight is 371 g/mol. The first-order valence-corrected chi connectivity index (χ1v) is 8.99. The van der Waals surface area contributed by atoms with E-state index in [0.717, 1.165) is 24.5 Å². The fourth-order valence-corrected chi connectivity index (χ4v) is 2.90. The molecule has 0 radical (unpaired) electrons. The topological polar surface area (TPSA) is 88.6 Å². The largest absolute Gasteiger partial charge is 0.383 e. The van der Waals surface area contributed by atoms with Gasteiger partial charge in [-0.05, 0) is 19.1 Å². The summed E-state index contributed by atoms with van der Waals surface area (Å²) in [7, 11) is 1.59. The van der Waals surface area contributed by atoms with Crippen molar-refractivity contribution in [1.82, 2.24) is 15.3 Å². The molecule has 3 rings (SSSR count). The maximum absolute atomic E-state index is 12.3. The summed E-state index contributed by atoms with van der Waals surface area (Å²) in [4.78, 5) is 23.2. The van der Waals surface area contributed by atoms with Crippen LogP contribution >= 0.6 is 0 Å². The van der Waals surface area contributed by atoms with E-state index in [1.807, 2.05) is 18.2 Å². The summed E-state index contributed by atoms with van der Waals surface area (Å²) in [5.41, 5.74) is 2.34. The lowest BCUT2D eigenvalue weighted by molar-refractivity contribution is 0.0931. The number of carbonyl (C=O) groups excluding carboxylic acids is 1. The number of anilines is 3. The third kappa shape index (κ3) is 5.15. The zero-order valence-electron chi connectivity index (χ0n) is 15.7. The van der Waals surface area contributed by atoms with Crippen molar-refractivity contribution in [3.05, 3.63) is 41.9 Å². The van der Waals surface area contributed by atoms with Crippen LogP contribution in [-0.2, 0) is 9.47 Å². The molecule has 1 aromatic heterocycles. The Kier molecular flexibility index (Phi) is 6.56. The predicted octanol–water partition coefficient (Wildman–Crippen LogP) is 1.74. The van der Waals surface area contributed by atoms with Crippen LogP contribution in [0.1, 0.15) is 16.3 Å². The highest BCUT2D eigenvalue weighted by Crippen LogP contribution is 2.28. The van der Waals surface area contributed by atoms with Gasteiger partial charge in [0, 0.05) is 32.8 Å². The van der Waals surface area contributed by atoms with Crippen molar-refractivity contribution in [3.8, 4) is 0 Å². The third-order valence-electron chi connectivity index (χ3n) is 4.18. The molecule has 8 nitrogen and oxygen atoms in total. The highest BCUT2D eigenvalue weighted by molar-refractivity contribution is 5.93. The number of nitrogens with zero attached hydrogens (tertiary/aromatic N) is 3. The van der Waals surface area contributed by atoms with Crippen molar-refractivity contribution in [2.45, 2.75) is 6.92 Å². The van der Waals surface area contributed by atoms with Crippen LogP contribution in [0.25, 0.3) is 0 Å². The smallest absolute Gasteiger partial charge is 0.270 e. The van der Waals surface area contributed by atoms with Gasteiger partial charge in [-0.25, -0.2) is 9.97 Å². The van der Waals surface area contributed by atoms with E-state index in [1.54, 1.807) is 20.1 Å². The molecule has 1 amide bonds. The third-order valence-corrected chi connectivity index (χ3v) is 4.18. The van der Waals surface area contributed by atoms with Gasteiger partial charge < -0.3 is 25.0 Å². The highest BCUT2D eigenvalue weighted by Gasteiger charge is 2.16. The van der Waals surface area contributed by atoms with E-state index in [9.17, 15) is 4.79 Å². The SMILES string of the molecule is COCCNC(=O)c1cc(Nc2ccccc2N2CCOCC2)nc(C)n1. The molecule has 1 saturated heterocycles. The van der Waals surface area contributed by atoms with Gasteiger partial charge in [0.05, 0.1) is 31.2 Å². The van der Waals surface area contributed by atoms with Gasteiger partial charge in [-0.1, -0.05) is 12.1 Å². The zero-order valence-corrected chi connectivity index (χ0v) is 15.7. The van der Waals surface area contributed by atoms with Crippen molar-refractivity contribution < 1.29 is 14.3 Å². The van der Waals surface area contributed by atoms with Gasteiger partial charge in [-0.3, -0.25) is 4.79 Å². The standard InChI is InChI=1S/C19H25N5O3/c1-14-21-16(19(25)20-7-10-26-2)13-18(22-14)23-15-5-3-4-6-17(15)24-8-11-27-12-9-24/h3-6,13H,7-12H2,1-2H3,(H,20,25)(H,21,22,23). The molecule has 0 spiro atoms. The van der Waals surface area contributed by atoms with E-state index in [0.29, 0.717) is 43.7 Å². The molecule has 1 fully saturated rings. The van der Waals surface area contributed by atoms with Gasteiger partial charge in [0.1, 0.15) is 17.3 Å². The molecule has 2 aromatic rings.